The quantitative estimate of drug-likeness (QED) is 0.0228. The van der Waals surface area contributed by atoms with Gasteiger partial charge in [-0.3, -0.25) is 43.3 Å². The van der Waals surface area contributed by atoms with Gasteiger partial charge in [-0.15, -0.1) is 5.10 Å². The van der Waals surface area contributed by atoms with E-state index in [1.54, 1.807) is 50.5 Å². The first kappa shape index (κ1) is 66.2. The number of hydrogen-bond donors (Lipinski definition) is 6. The van der Waals surface area contributed by atoms with E-state index >= 15 is 0 Å². The Hall–Kier alpha value is -8.80. The Morgan fingerprint density at radius 3 is 2.33 bits per heavy atom. The van der Waals surface area contributed by atoms with Gasteiger partial charge in [0.25, 0.3) is 17.4 Å². The van der Waals surface area contributed by atoms with E-state index in [0.717, 1.165) is 29.4 Å². The van der Waals surface area contributed by atoms with Crippen molar-refractivity contribution in [2.75, 3.05) is 52.7 Å². The minimum Gasteiger partial charge on any atom is -0.508 e. The average Bonchev–Trinajstić information content (AvgIpc) is 1.71. The molecule has 1 aliphatic carbocycles. The lowest BCUT2D eigenvalue weighted by Crippen LogP contribution is -2.53. The molecule has 480 valence electrons. The normalized spacial score (nSPS) is 18.4. The van der Waals surface area contributed by atoms with Crippen molar-refractivity contribution in [1.29, 1.82) is 0 Å². The molecule has 6 N–H and O–H groups in total. The number of cyclic esters (lactones) is 1. The SMILES string of the molecule is CCc1c2c(nc3ccc(O)cc13)-c1cc3c(c(=O)n1C2)COC(=O)C3(CC)OC(=O)OCC(NC(=O)C(CCCCNC(=O)C(F)(F)F)NC(=O)COCC(=O)NCCOCCn1cc(CNC(=O)C2CCC(CN3C(=O)C=CC3=O)CC2)nn1)C(C)C. The van der Waals surface area contributed by atoms with Crippen molar-refractivity contribution in [2.45, 2.75) is 136 Å². The number of aromatic nitrogens is 5. The van der Waals surface area contributed by atoms with Crippen LogP contribution in [0.3, 0.4) is 0 Å². The third kappa shape index (κ3) is 16.3. The van der Waals surface area contributed by atoms with Crippen LogP contribution in [-0.4, -0.2) is 159 Å². The Morgan fingerprint density at radius 1 is 0.876 bits per heavy atom. The molecular weight excluding hydrogens is 1180 g/mol. The molecule has 27 nitrogen and oxygen atoms in total. The van der Waals surface area contributed by atoms with Crippen LogP contribution in [0, 0.1) is 17.8 Å². The van der Waals surface area contributed by atoms with E-state index in [-0.39, 0.29) is 105 Å². The molecule has 7 amide bonds. The molecule has 0 saturated heterocycles. The number of fused-ring (bicyclic) bond motifs is 5. The van der Waals surface area contributed by atoms with Crippen LogP contribution in [0.5, 0.6) is 5.75 Å². The Kier molecular flexibility index (Phi) is 21.9. The Morgan fingerprint density at radius 2 is 1.62 bits per heavy atom. The van der Waals surface area contributed by atoms with Gasteiger partial charge in [-0.05, 0) is 99.5 Å². The summed E-state index contributed by atoms with van der Waals surface area (Å²) >= 11 is 0. The van der Waals surface area contributed by atoms with Crippen LogP contribution >= 0.6 is 0 Å². The van der Waals surface area contributed by atoms with Gasteiger partial charge in [0.2, 0.25) is 29.2 Å². The maximum absolute atomic E-state index is 14.2. The van der Waals surface area contributed by atoms with Gasteiger partial charge in [-0.25, -0.2) is 19.3 Å². The summed E-state index contributed by atoms with van der Waals surface area (Å²) < 4.78 is 69.2. The van der Waals surface area contributed by atoms with Crippen molar-refractivity contribution in [3.05, 3.63) is 80.9 Å². The smallest absolute Gasteiger partial charge is 0.508 e. The first-order chi connectivity index (χ1) is 42.5. The van der Waals surface area contributed by atoms with Crippen molar-refractivity contribution in [3.63, 3.8) is 0 Å². The molecule has 89 heavy (non-hydrogen) atoms. The predicted octanol–water partition coefficient (Wildman–Crippen LogP) is 2.77. The largest absolute Gasteiger partial charge is 0.509 e. The summed E-state index contributed by atoms with van der Waals surface area (Å²) in [7, 11) is 0. The molecule has 1 aromatic carbocycles. The van der Waals surface area contributed by atoms with Gasteiger partial charge in [-0.1, -0.05) is 32.9 Å². The minimum atomic E-state index is -5.11. The van der Waals surface area contributed by atoms with Gasteiger partial charge < -0.3 is 59.9 Å². The summed E-state index contributed by atoms with van der Waals surface area (Å²) in [5.74, 6) is -6.53. The highest BCUT2D eigenvalue weighted by molar-refractivity contribution is 6.12. The molecule has 1 fully saturated rings. The number of hydrogen-bond acceptors (Lipinski definition) is 19. The number of unbranched alkanes of at least 4 members (excludes halogenated alkanes) is 1. The van der Waals surface area contributed by atoms with E-state index in [1.165, 1.54) is 32.4 Å². The van der Waals surface area contributed by atoms with E-state index in [1.807, 2.05) is 6.92 Å². The number of pyridine rings is 2. The number of esters is 1. The third-order valence-electron chi connectivity index (χ3n) is 16.1. The molecule has 4 aromatic rings. The maximum atomic E-state index is 14.2. The number of carbonyl (C=O) groups is 9. The number of amides is 7. The van der Waals surface area contributed by atoms with E-state index in [2.05, 4.69) is 31.6 Å². The summed E-state index contributed by atoms with van der Waals surface area (Å²) in [4.78, 5) is 135. The van der Waals surface area contributed by atoms with Crippen molar-refractivity contribution in [1.82, 2.24) is 56.0 Å². The number of aromatic hydroxyl groups is 1. The van der Waals surface area contributed by atoms with E-state index in [0.29, 0.717) is 55.0 Å². The third-order valence-corrected chi connectivity index (χ3v) is 16.1. The number of phenolic OH excluding ortho intramolecular Hbond substituents is 1. The Bertz CT molecular complexity index is 3420. The van der Waals surface area contributed by atoms with Gasteiger partial charge in [-0.2, -0.15) is 13.2 Å². The number of benzene rings is 1. The van der Waals surface area contributed by atoms with Gasteiger partial charge in [0.1, 0.15) is 43.9 Å². The second kappa shape index (κ2) is 29.5. The number of halogens is 3. The minimum absolute atomic E-state index is 0.0294. The summed E-state index contributed by atoms with van der Waals surface area (Å²) in [6.07, 6.45) is 0.655. The number of aryl methyl sites for hydroxylation is 1. The lowest BCUT2D eigenvalue weighted by atomic mass is 9.81. The fraction of sp³-hybridized carbons (Fsp3) is 0.542. The van der Waals surface area contributed by atoms with E-state index in [4.69, 9.17) is 28.7 Å². The van der Waals surface area contributed by atoms with Crippen molar-refractivity contribution >= 4 is 64.4 Å². The predicted molar refractivity (Wildman–Crippen MR) is 305 cm³/mol. The van der Waals surface area contributed by atoms with E-state index in [9.17, 15) is 66.2 Å². The first-order valence-electron chi connectivity index (χ1n) is 29.5. The van der Waals surface area contributed by atoms with Gasteiger partial charge in [0.05, 0.1) is 67.6 Å². The monoisotopic (exact) mass is 1250 g/mol. The number of nitrogens with one attached hydrogen (secondary N) is 5. The molecule has 4 aliphatic rings. The van der Waals surface area contributed by atoms with Crippen LogP contribution in [0.15, 0.2) is 47.4 Å². The fourth-order valence-electron chi connectivity index (χ4n) is 11.1. The van der Waals surface area contributed by atoms with Crippen LogP contribution in [0.25, 0.3) is 22.3 Å². The Labute approximate surface area is 508 Å². The molecule has 3 aliphatic heterocycles. The maximum Gasteiger partial charge on any atom is 0.509 e. The van der Waals surface area contributed by atoms with Gasteiger partial charge in [0, 0.05) is 54.2 Å². The molecule has 3 atom stereocenters. The van der Waals surface area contributed by atoms with Crippen LogP contribution in [0.2, 0.25) is 0 Å². The molecule has 1 saturated carbocycles. The van der Waals surface area contributed by atoms with Gasteiger partial charge in [0.15, 0.2) is 0 Å². The molecule has 0 spiro atoms. The van der Waals surface area contributed by atoms with Crippen LogP contribution in [0.4, 0.5) is 18.0 Å². The molecule has 0 radical (unpaired) electrons. The highest BCUT2D eigenvalue weighted by atomic mass is 19.4. The highest BCUT2D eigenvalue weighted by Gasteiger charge is 2.51. The zero-order valence-electron chi connectivity index (χ0n) is 49.7. The lowest BCUT2D eigenvalue weighted by molar-refractivity contribution is -0.175. The standard InChI is InChI=1S/C59H72F3N11O16/c1-5-38-39-23-37(74)14-15-43(39)67-51-40(38)28-72-46(51)24-42-41(54(72)81)29-87-56(83)58(42,6-2)89-57(84)88-30-45(33(3)4)68-53(80)44(9-7-8-18-64-55(82)59(60,61)62)66-48(76)32-86-31-47(75)63-19-21-85-22-20-71-27-36(69-70-71)25-65-52(79)35-12-10-34(11-13-35)26-73-49(77)16-17-50(73)78/h14-17,23-24,27,33-35,44-45,74H,5-13,18-22,25-26,28-32H2,1-4H3,(H,63,75)(H,64,82)(H,65,79)(H,66,76)(H,68,80). The molecule has 3 aromatic heterocycles. The topological polar surface area (TPSA) is 349 Å². The number of phenols is 1. The average molecular weight is 1250 g/mol. The van der Waals surface area contributed by atoms with Crippen LogP contribution in [-0.2, 0) is 100 Å². The summed E-state index contributed by atoms with van der Waals surface area (Å²) in [6.45, 7) is 5.62. The summed E-state index contributed by atoms with van der Waals surface area (Å²) in [6, 6.07) is 4.04. The number of imide groups is 1. The first-order valence-corrected chi connectivity index (χ1v) is 29.5. The molecule has 0 bridgehead atoms. The second-order valence-electron chi connectivity index (χ2n) is 22.4. The zero-order chi connectivity index (χ0) is 64.2. The number of rotatable bonds is 29. The molecule has 8 rings (SSSR count). The number of carbonyl (C=O) groups excluding carboxylic acids is 9. The number of nitrogens with zero attached hydrogens (tertiary/aromatic N) is 6. The number of ether oxygens (including phenoxy) is 5. The lowest BCUT2D eigenvalue weighted by Gasteiger charge is -2.35. The highest BCUT2D eigenvalue weighted by Crippen LogP contribution is 2.43. The van der Waals surface area contributed by atoms with Crippen molar-refractivity contribution in [2.24, 2.45) is 17.8 Å². The van der Waals surface area contributed by atoms with Gasteiger partial charge >= 0.3 is 24.2 Å². The van der Waals surface area contributed by atoms with E-state index < -0.39 is 104 Å². The molecule has 3 unspecified atom stereocenters. The molecule has 6 heterocycles. The van der Waals surface area contributed by atoms with Crippen molar-refractivity contribution < 1.29 is 85.1 Å². The molecule has 30 heteroatoms. The second-order valence-corrected chi connectivity index (χ2v) is 22.4. The number of alkyl halides is 3. The zero-order valence-corrected chi connectivity index (χ0v) is 49.7. The van der Waals surface area contributed by atoms with Crippen LogP contribution < -0.4 is 32.1 Å². The van der Waals surface area contributed by atoms with Crippen LogP contribution in [0.1, 0.15) is 107 Å². The fourth-order valence-corrected chi connectivity index (χ4v) is 11.1. The Balaban J connectivity index is 0.778. The summed E-state index contributed by atoms with van der Waals surface area (Å²) in [5, 5.41) is 31.6. The summed E-state index contributed by atoms with van der Waals surface area (Å²) in [5.41, 5.74) is 1.10. The van der Waals surface area contributed by atoms with Crippen molar-refractivity contribution in [3.8, 4) is 17.1 Å². The molecular formula is C59H72F3N11O16.